The Hall–Kier alpha value is -0.870. The van der Waals surface area contributed by atoms with Crippen LogP contribution in [-0.2, 0) is 9.53 Å². The van der Waals surface area contributed by atoms with E-state index >= 15 is 0 Å². The van der Waals surface area contributed by atoms with Gasteiger partial charge in [-0.1, -0.05) is 25.3 Å². The second kappa shape index (κ2) is 10.8. The minimum atomic E-state index is -0.361. The summed E-state index contributed by atoms with van der Waals surface area (Å²) < 4.78 is 5.67. The number of nitrogens with two attached hydrogens (primary N) is 1. The molecule has 1 aliphatic heterocycles. The van der Waals surface area contributed by atoms with Gasteiger partial charge in [-0.3, -0.25) is 0 Å². The Kier molecular flexibility index (Phi) is 9.41. The lowest BCUT2D eigenvalue weighted by Gasteiger charge is -2.35. The fraction of sp³-hybridized carbons (Fsp3) is 0.833. The fourth-order valence-corrected chi connectivity index (χ4v) is 3.08. The fourth-order valence-electron chi connectivity index (χ4n) is 3.08. The van der Waals surface area contributed by atoms with Gasteiger partial charge in [0.05, 0.1) is 13.1 Å². The Bertz CT molecular complexity index is 333. The van der Waals surface area contributed by atoms with Gasteiger partial charge in [0, 0.05) is 31.4 Å². The molecule has 4 nitrogen and oxygen atoms in total. The van der Waals surface area contributed by atoms with Crippen molar-refractivity contribution < 1.29 is 20.0 Å². The van der Waals surface area contributed by atoms with E-state index < -0.39 is 0 Å². The van der Waals surface area contributed by atoms with Crippen LogP contribution < -0.4 is 5.32 Å². The van der Waals surface area contributed by atoms with Crippen LogP contribution >= 0.6 is 0 Å². The van der Waals surface area contributed by atoms with Gasteiger partial charge in [0.15, 0.2) is 0 Å². The molecular weight excluding hydrogens is 278 g/mol. The van der Waals surface area contributed by atoms with Gasteiger partial charge in [0.2, 0.25) is 0 Å². The molecule has 0 amide bonds. The van der Waals surface area contributed by atoms with E-state index in [2.05, 4.69) is 5.32 Å². The maximum Gasteiger partial charge on any atom is 0.330 e. The zero-order chi connectivity index (χ0) is 16.3. The molecule has 0 aliphatic carbocycles. The number of esters is 1. The van der Waals surface area contributed by atoms with Crippen molar-refractivity contribution in [2.75, 3.05) is 19.7 Å². The molecular formula is C18H34NO3+. The second-order valence-electron chi connectivity index (χ2n) is 6.85. The number of ether oxygens (including phenoxy) is 1. The predicted octanol–water partition coefficient (Wildman–Crippen LogP) is 2.17. The molecule has 1 saturated heterocycles. The van der Waals surface area contributed by atoms with Crippen LogP contribution in [0.25, 0.3) is 0 Å². The van der Waals surface area contributed by atoms with Crippen molar-refractivity contribution in [1.29, 1.82) is 0 Å². The largest absolute Gasteiger partial charge is 0.456 e. The molecule has 22 heavy (non-hydrogen) atoms. The number of hydrogen-bond acceptors (Lipinski definition) is 3. The number of piperidine rings is 1. The Morgan fingerprint density at radius 3 is 2.50 bits per heavy atom. The third-order valence-corrected chi connectivity index (χ3v) is 4.57. The highest BCUT2D eigenvalue weighted by atomic mass is 16.6. The molecule has 128 valence electrons. The average Bonchev–Trinajstić information content (AvgIpc) is 2.50. The van der Waals surface area contributed by atoms with E-state index in [4.69, 9.17) is 9.84 Å². The van der Waals surface area contributed by atoms with Crippen molar-refractivity contribution in [3.63, 3.8) is 0 Å². The molecule has 1 aliphatic rings. The van der Waals surface area contributed by atoms with E-state index in [1.54, 1.807) is 6.08 Å². The maximum atomic E-state index is 11.9. The highest BCUT2D eigenvalue weighted by Crippen LogP contribution is 2.28. The number of hydrogen-bond donors (Lipinski definition) is 2. The monoisotopic (exact) mass is 312 g/mol. The first-order valence-corrected chi connectivity index (χ1v) is 8.88. The van der Waals surface area contributed by atoms with E-state index in [9.17, 15) is 4.79 Å². The zero-order valence-electron chi connectivity index (χ0n) is 14.4. The Morgan fingerprint density at radius 1 is 1.18 bits per heavy atom. The summed E-state index contributed by atoms with van der Waals surface area (Å²) >= 11 is 0. The van der Waals surface area contributed by atoms with Crippen LogP contribution in [0.3, 0.4) is 0 Å². The minimum absolute atomic E-state index is 0.208. The normalized spacial score (nSPS) is 17.0. The molecule has 0 unspecified atom stereocenters. The highest BCUT2D eigenvalue weighted by Gasteiger charge is 2.34. The summed E-state index contributed by atoms with van der Waals surface area (Å²) in [6.45, 7) is 6.64. The summed E-state index contributed by atoms with van der Waals surface area (Å²) in [5.41, 5.74) is -0.361. The average molecular weight is 312 g/mol. The van der Waals surface area contributed by atoms with Gasteiger partial charge >= 0.3 is 5.97 Å². The molecule has 1 heterocycles. The standard InChI is InChI=1S/C18H33NO3/c1-18(2,16-11-13-19-14-12-16)22-17(21)10-8-6-4-3-5-7-9-15-20/h8,10,16,19-20H,3-7,9,11-15H2,1-2H3/p+1/b10-8+. The molecule has 1 rings (SSSR count). The number of carbonyl (C=O) groups excluding carboxylic acids is 1. The van der Waals surface area contributed by atoms with Gasteiger partial charge in [0.1, 0.15) is 5.60 Å². The summed E-state index contributed by atoms with van der Waals surface area (Å²) in [7, 11) is 0. The topological polar surface area (TPSA) is 63.1 Å². The van der Waals surface area contributed by atoms with Crippen molar-refractivity contribution in [2.24, 2.45) is 5.92 Å². The van der Waals surface area contributed by atoms with Crippen LogP contribution in [-0.4, -0.2) is 36.4 Å². The lowest BCUT2D eigenvalue weighted by atomic mass is 9.83. The van der Waals surface area contributed by atoms with Crippen molar-refractivity contribution in [3.8, 4) is 0 Å². The number of carbonyl (C=O) groups is 1. The molecule has 0 aromatic rings. The molecule has 3 N–H and O–H groups in total. The number of rotatable bonds is 10. The second-order valence-corrected chi connectivity index (χ2v) is 6.85. The molecule has 0 atom stereocenters. The maximum absolute atomic E-state index is 11.9. The van der Waals surface area contributed by atoms with Crippen LogP contribution in [0.5, 0.6) is 0 Å². The smallest absolute Gasteiger partial charge is 0.330 e. The van der Waals surface area contributed by atoms with Crippen molar-refractivity contribution >= 4 is 5.97 Å². The van der Waals surface area contributed by atoms with Gasteiger partial charge in [-0.25, -0.2) is 4.79 Å². The number of aliphatic hydroxyl groups excluding tert-OH is 1. The summed E-state index contributed by atoms with van der Waals surface area (Å²) in [5.74, 6) is 0.265. The number of aliphatic hydroxyl groups is 1. The van der Waals surface area contributed by atoms with Crippen LogP contribution in [0.1, 0.15) is 65.2 Å². The molecule has 0 aromatic carbocycles. The zero-order valence-corrected chi connectivity index (χ0v) is 14.4. The number of allylic oxidation sites excluding steroid dienone is 1. The molecule has 0 aromatic heterocycles. The Balaban J connectivity index is 2.17. The van der Waals surface area contributed by atoms with Crippen LogP contribution in [0.4, 0.5) is 0 Å². The molecule has 0 radical (unpaired) electrons. The first-order chi connectivity index (χ1) is 10.6. The van der Waals surface area contributed by atoms with E-state index in [1.807, 2.05) is 19.9 Å². The van der Waals surface area contributed by atoms with Gasteiger partial charge in [-0.15, -0.1) is 0 Å². The molecule has 4 heteroatoms. The minimum Gasteiger partial charge on any atom is -0.456 e. The van der Waals surface area contributed by atoms with Gasteiger partial charge in [-0.2, -0.15) is 0 Å². The number of unbranched alkanes of at least 4 members (excludes halogenated alkanes) is 5. The van der Waals surface area contributed by atoms with E-state index in [-0.39, 0.29) is 11.6 Å². The van der Waals surface area contributed by atoms with Crippen LogP contribution in [0, 0.1) is 5.92 Å². The summed E-state index contributed by atoms with van der Waals surface area (Å²) in [4.78, 5) is 11.9. The van der Waals surface area contributed by atoms with Crippen LogP contribution in [0.15, 0.2) is 12.2 Å². The van der Waals surface area contributed by atoms with Gasteiger partial charge in [-0.05, 0) is 33.1 Å². The number of quaternary nitrogens is 1. The van der Waals surface area contributed by atoms with E-state index in [0.29, 0.717) is 12.5 Å². The first-order valence-electron chi connectivity index (χ1n) is 8.88. The summed E-state index contributed by atoms with van der Waals surface area (Å²) in [6, 6.07) is 0. The Morgan fingerprint density at radius 2 is 1.82 bits per heavy atom. The lowest BCUT2D eigenvalue weighted by molar-refractivity contribution is -0.665. The molecule has 0 spiro atoms. The van der Waals surface area contributed by atoms with Crippen molar-refractivity contribution in [3.05, 3.63) is 12.2 Å². The summed E-state index contributed by atoms with van der Waals surface area (Å²) in [5, 5.41) is 11.0. The molecule has 0 bridgehead atoms. The highest BCUT2D eigenvalue weighted by molar-refractivity contribution is 5.82. The molecule has 0 saturated carbocycles. The first kappa shape index (κ1) is 19.2. The van der Waals surface area contributed by atoms with Crippen LogP contribution in [0.2, 0.25) is 0 Å². The van der Waals surface area contributed by atoms with Crippen molar-refractivity contribution in [1.82, 2.24) is 0 Å². The quantitative estimate of drug-likeness (QED) is 0.369. The molecule has 1 fully saturated rings. The van der Waals surface area contributed by atoms with Crippen molar-refractivity contribution in [2.45, 2.75) is 70.8 Å². The predicted molar refractivity (Wildman–Crippen MR) is 88.5 cm³/mol. The van der Waals surface area contributed by atoms with E-state index in [1.165, 1.54) is 0 Å². The van der Waals surface area contributed by atoms with Gasteiger partial charge in [0.25, 0.3) is 0 Å². The summed E-state index contributed by atoms with van der Waals surface area (Å²) in [6.07, 6.45) is 12.1. The van der Waals surface area contributed by atoms with E-state index in [0.717, 1.165) is 64.5 Å². The van der Waals surface area contributed by atoms with Gasteiger partial charge < -0.3 is 15.2 Å². The third kappa shape index (κ3) is 7.95. The lowest BCUT2D eigenvalue weighted by Crippen LogP contribution is -2.86. The Labute approximate surface area is 135 Å². The third-order valence-electron chi connectivity index (χ3n) is 4.57. The SMILES string of the molecule is CC(C)(OC(=O)/C=C/CCCCCCCO)C1CC[NH2+]CC1.